The van der Waals surface area contributed by atoms with Crippen LogP contribution in [0.3, 0.4) is 0 Å². The molecular weight excluding hydrogens is 973 g/mol. The average Bonchev–Trinajstić information content (AvgIpc) is 3.45. The molecule has 466 valence electrons. The second-order valence-electron chi connectivity index (χ2n) is 24.5. The molecule has 0 heterocycles. The zero-order chi connectivity index (χ0) is 57.1. The van der Waals surface area contributed by atoms with Crippen molar-refractivity contribution in [2.24, 2.45) is 0 Å². The van der Waals surface area contributed by atoms with E-state index in [4.69, 9.17) is 14.2 Å². The highest BCUT2D eigenvalue weighted by Crippen LogP contribution is 2.19. The molecule has 0 aromatic carbocycles. The van der Waals surface area contributed by atoms with Gasteiger partial charge in [0.25, 0.3) is 0 Å². The first-order valence-corrected chi connectivity index (χ1v) is 35.8. The van der Waals surface area contributed by atoms with E-state index >= 15 is 0 Å². The van der Waals surface area contributed by atoms with Crippen LogP contribution in [0.1, 0.15) is 406 Å². The lowest BCUT2D eigenvalue weighted by molar-refractivity contribution is -0.167. The quantitative estimate of drug-likeness (QED) is 0.0261. The minimum absolute atomic E-state index is 0.0637. The second-order valence-corrected chi connectivity index (χ2v) is 24.5. The topological polar surface area (TPSA) is 78.9 Å². The maximum absolute atomic E-state index is 12.9. The molecule has 0 N–H and O–H groups in total. The number of carbonyl (C=O) groups is 3. The summed E-state index contributed by atoms with van der Waals surface area (Å²) in [4.78, 5) is 38.4. The van der Waals surface area contributed by atoms with Gasteiger partial charge >= 0.3 is 17.9 Å². The molecule has 0 spiro atoms. The summed E-state index contributed by atoms with van der Waals surface area (Å²) in [6.07, 6.45) is 83.6. The van der Waals surface area contributed by atoms with Crippen LogP contribution in [-0.4, -0.2) is 37.2 Å². The van der Waals surface area contributed by atoms with E-state index in [-0.39, 0.29) is 31.1 Å². The van der Waals surface area contributed by atoms with E-state index in [9.17, 15) is 14.4 Å². The Labute approximate surface area is 493 Å². The van der Waals surface area contributed by atoms with Gasteiger partial charge in [0.05, 0.1) is 0 Å². The lowest BCUT2D eigenvalue weighted by Crippen LogP contribution is -2.30. The highest BCUT2D eigenvalue weighted by molar-refractivity contribution is 5.71. The number of unbranched alkanes of at least 4 members (excludes halogenated alkanes) is 52. The third-order valence-corrected chi connectivity index (χ3v) is 16.5. The fourth-order valence-corrected chi connectivity index (χ4v) is 11.1. The molecule has 1 atom stereocenters. The molecular formula is C73H138O6. The first kappa shape index (κ1) is 76.9. The minimum atomic E-state index is -0.767. The number of allylic oxidation sites excluding steroid dienone is 4. The standard InChI is InChI=1S/C73H138O6/c1-4-7-10-13-16-19-22-25-27-29-31-33-35-36-37-38-39-41-42-44-46-48-51-54-57-60-63-66-72(75)78-69-70(68-77-71(74)65-62-59-56-53-50-24-21-18-15-12-9-6-3)79-73(76)67-64-61-58-55-52-49-47-45-43-40-34-32-30-28-26-23-20-17-14-11-8-5-2/h22,25,29,31,70H,4-21,23-24,26-28,30,32-69H2,1-3H3/b25-22-,31-29-. The van der Waals surface area contributed by atoms with Crippen LogP contribution < -0.4 is 0 Å². The monoisotopic (exact) mass is 1110 g/mol. The normalized spacial score (nSPS) is 12.1. The van der Waals surface area contributed by atoms with E-state index in [0.29, 0.717) is 19.3 Å². The summed E-state index contributed by atoms with van der Waals surface area (Å²) in [7, 11) is 0. The first-order chi connectivity index (χ1) is 39.0. The molecule has 0 aliphatic rings. The number of rotatable bonds is 67. The van der Waals surface area contributed by atoms with Gasteiger partial charge in [-0.15, -0.1) is 0 Å². The van der Waals surface area contributed by atoms with Crippen LogP contribution in [0.25, 0.3) is 0 Å². The number of ether oxygens (including phenoxy) is 3. The van der Waals surface area contributed by atoms with Gasteiger partial charge in [0.2, 0.25) is 0 Å². The molecule has 0 aromatic heterocycles. The van der Waals surface area contributed by atoms with Crippen LogP contribution in [0, 0.1) is 0 Å². The van der Waals surface area contributed by atoms with Crippen molar-refractivity contribution in [3.8, 4) is 0 Å². The lowest BCUT2D eigenvalue weighted by Gasteiger charge is -2.18. The number of esters is 3. The molecule has 6 nitrogen and oxygen atoms in total. The maximum Gasteiger partial charge on any atom is 0.306 e. The molecule has 0 aliphatic heterocycles. The van der Waals surface area contributed by atoms with Gasteiger partial charge in [-0.3, -0.25) is 14.4 Å². The maximum atomic E-state index is 12.9. The van der Waals surface area contributed by atoms with Gasteiger partial charge in [-0.1, -0.05) is 360 Å². The third-order valence-electron chi connectivity index (χ3n) is 16.5. The average molecular weight is 1110 g/mol. The summed E-state index contributed by atoms with van der Waals surface area (Å²) in [5.41, 5.74) is 0. The zero-order valence-electron chi connectivity index (χ0n) is 53.7. The Morgan fingerprint density at radius 1 is 0.253 bits per heavy atom. The Morgan fingerprint density at radius 3 is 0.696 bits per heavy atom. The van der Waals surface area contributed by atoms with Crippen molar-refractivity contribution in [3.63, 3.8) is 0 Å². The Balaban J connectivity index is 4.18. The molecule has 0 aromatic rings. The Hall–Kier alpha value is -2.11. The minimum Gasteiger partial charge on any atom is -0.462 e. The molecule has 79 heavy (non-hydrogen) atoms. The van der Waals surface area contributed by atoms with E-state index in [1.807, 2.05) is 0 Å². The fraction of sp³-hybridized carbons (Fsp3) is 0.904. The fourth-order valence-electron chi connectivity index (χ4n) is 11.1. The van der Waals surface area contributed by atoms with Crippen molar-refractivity contribution in [3.05, 3.63) is 24.3 Å². The third kappa shape index (κ3) is 66.6. The predicted octanol–water partition coefficient (Wildman–Crippen LogP) is 24.6. The van der Waals surface area contributed by atoms with E-state index < -0.39 is 6.10 Å². The smallest absolute Gasteiger partial charge is 0.306 e. The molecule has 0 aliphatic carbocycles. The van der Waals surface area contributed by atoms with Gasteiger partial charge in [-0.25, -0.2) is 0 Å². The van der Waals surface area contributed by atoms with Gasteiger partial charge < -0.3 is 14.2 Å². The molecule has 0 fully saturated rings. The van der Waals surface area contributed by atoms with Crippen LogP contribution in [-0.2, 0) is 28.6 Å². The predicted molar refractivity (Wildman–Crippen MR) is 344 cm³/mol. The molecule has 0 saturated carbocycles. The first-order valence-electron chi connectivity index (χ1n) is 35.8. The molecule has 0 rings (SSSR count). The van der Waals surface area contributed by atoms with Crippen LogP contribution in [0.4, 0.5) is 0 Å². The second kappa shape index (κ2) is 68.4. The Bertz CT molecular complexity index is 1270. The van der Waals surface area contributed by atoms with E-state index in [1.165, 1.54) is 302 Å². The Morgan fingerprint density at radius 2 is 0.456 bits per heavy atom. The van der Waals surface area contributed by atoms with Gasteiger partial charge in [0.1, 0.15) is 13.2 Å². The highest BCUT2D eigenvalue weighted by atomic mass is 16.6. The number of carbonyl (C=O) groups excluding carboxylic acids is 3. The van der Waals surface area contributed by atoms with E-state index in [2.05, 4.69) is 45.1 Å². The summed E-state index contributed by atoms with van der Waals surface area (Å²) >= 11 is 0. The number of hydrogen-bond acceptors (Lipinski definition) is 6. The van der Waals surface area contributed by atoms with Gasteiger partial charge in [0.15, 0.2) is 6.10 Å². The highest BCUT2D eigenvalue weighted by Gasteiger charge is 2.19. The van der Waals surface area contributed by atoms with Gasteiger partial charge in [-0.2, -0.15) is 0 Å². The summed E-state index contributed by atoms with van der Waals surface area (Å²) in [5, 5.41) is 0. The van der Waals surface area contributed by atoms with Crippen molar-refractivity contribution >= 4 is 17.9 Å². The van der Waals surface area contributed by atoms with Crippen LogP contribution in [0.2, 0.25) is 0 Å². The molecule has 0 bridgehead atoms. The van der Waals surface area contributed by atoms with Crippen molar-refractivity contribution in [1.82, 2.24) is 0 Å². The largest absolute Gasteiger partial charge is 0.462 e. The summed E-state index contributed by atoms with van der Waals surface area (Å²) in [6.45, 7) is 6.71. The number of hydrogen-bond donors (Lipinski definition) is 0. The Kier molecular flexibility index (Phi) is 66.6. The van der Waals surface area contributed by atoms with Crippen LogP contribution >= 0.6 is 0 Å². The summed E-state index contributed by atoms with van der Waals surface area (Å²) in [6, 6.07) is 0. The molecule has 0 radical (unpaired) electrons. The molecule has 1 unspecified atom stereocenters. The van der Waals surface area contributed by atoms with Gasteiger partial charge in [-0.05, 0) is 51.4 Å². The zero-order valence-corrected chi connectivity index (χ0v) is 53.7. The molecule has 0 amide bonds. The van der Waals surface area contributed by atoms with Crippen LogP contribution in [0.5, 0.6) is 0 Å². The summed E-state index contributed by atoms with van der Waals surface area (Å²) < 4.78 is 17.0. The molecule has 6 heteroatoms. The van der Waals surface area contributed by atoms with E-state index in [1.54, 1.807) is 0 Å². The SMILES string of the molecule is CCCCCCC/C=C\C/C=C\CCCCCCCCCCCCCCCCCC(=O)OCC(COC(=O)CCCCCCCCCCCCCC)OC(=O)CCCCCCCCCCCCCCCCCCCCCCCC. The van der Waals surface area contributed by atoms with Crippen molar-refractivity contribution < 1.29 is 28.6 Å². The van der Waals surface area contributed by atoms with Crippen molar-refractivity contribution in [2.75, 3.05) is 13.2 Å². The van der Waals surface area contributed by atoms with Gasteiger partial charge in [0, 0.05) is 19.3 Å². The summed E-state index contributed by atoms with van der Waals surface area (Å²) in [5.74, 6) is -0.830. The van der Waals surface area contributed by atoms with Crippen molar-refractivity contribution in [1.29, 1.82) is 0 Å². The van der Waals surface area contributed by atoms with Crippen molar-refractivity contribution in [2.45, 2.75) is 412 Å². The van der Waals surface area contributed by atoms with Crippen LogP contribution in [0.15, 0.2) is 24.3 Å². The van der Waals surface area contributed by atoms with E-state index in [0.717, 1.165) is 64.2 Å². The molecule has 0 saturated heterocycles. The lowest BCUT2D eigenvalue weighted by atomic mass is 10.0.